The summed E-state index contributed by atoms with van der Waals surface area (Å²) in [4.78, 5) is 23.4. The van der Waals surface area contributed by atoms with Gasteiger partial charge in [-0.05, 0) is 31.2 Å². The van der Waals surface area contributed by atoms with E-state index in [0.29, 0.717) is 5.75 Å². The van der Waals surface area contributed by atoms with Gasteiger partial charge in [0.15, 0.2) is 0 Å². The Balaban J connectivity index is 2.14. The topological polar surface area (TPSA) is 72.8 Å². The summed E-state index contributed by atoms with van der Waals surface area (Å²) in [5.74, 6) is -1.18. The molecule has 2 aromatic rings. The first-order valence-corrected chi connectivity index (χ1v) is 6.45. The van der Waals surface area contributed by atoms with Crippen LogP contribution < -0.4 is 9.47 Å². The maximum absolute atomic E-state index is 12.0. The molecule has 0 unspecified atom stereocenters. The number of para-hydroxylation sites is 1. The molecule has 22 heavy (non-hydrogen) atoms. The highest BCUT2D eigenvalue weighted by atomic mass is 16.5. The van der Waals surface area contributed by atoms with Crippen molar-refractivity contribution in [3.05, 3.63) is 66.2 Å². The standard InChI is InChI=1S/C17H14O5/c1-11(2)16(19)22-13-8-9-14(15(18)10-13)17(20)21-12-6-4-3-5-7-12/h3-10,18H,1H2,2H3. The molecule has 0 aliphatic heterocycles. The van der Waals surface area contributed by atoms with E-state index in [1.807, 2.05) is 0 Å². The van der Waals surface area contributed by atoms with Crippen molar-refractivity contribution >= 4 is 11.9 Å². The molecule has 0 aromatic heterocycles. The molecule has 0 aliphatic rings. The van der Waals surface area contributed by atoms with Crippen molar-refractivity contribution < 1.29 is 24.2 Å². The number of phenols is 1. The highest BCUT2D eigenvalue weighted by Crippen LogP contribution is 2.25. The van der Waals surface area contributed by atoms with E-state index >= 15 is 0 Å². The van der Waals surface area contributed by atoms with Gasteiger partial charge in [0.05, 0.1) is 0 Å². The Hall–Kier alpha value is -3.08. The minimum Gasteiger partial charge on any atom is -0.507 e. The molecule has 0 heterocycles. The molecule has 0 aliphatic carbocycles. The smallest absolute Gasteiger partial charge is 0.347 e. The summed E-state index contributed by atoms with van der Waals surface area (Å²) in [6.07, 6.45) is 0. The van der Waals surface area contributed by atoms with Crippen LogP contribution in [-0.2, 0) is 4.79 Å². The van der Waals surface area contributed by atoms with E-state index < -0.39 is 11.9 Å². The number of hydrogen-bond acceptors (Lipinski definition) is 5. The molecule has 2 rings (SSSR count). The molecule has 2 aromatic carbocycles. The zero-order valence-electron chi connectivity index (χ0n) is 11.9. The Kier molecular flexibility index (Phi) is 4.58. The molecule has 0 fully saturated rings. The molecule has 5 nitrogen and oxygen atoms in total. The third-order valence-corrected chi connectivity index (χ3v) is 2.70. The lowest BCUT2D eigenvalue weighted by Gasteiger charge is -2.08. The third kappa shape index (κ3) is 3.73. The van der Waals surface area contributed by atoms with Crippen LogP contribution in [0.3, 0.4) is 0 Å². The number of benzene rings is 2. The summed E-state index contributed by atoms with van der Waals surface area (Å²) in [7, 11) is 0. The molecular formula is C17H14O5. The summed E-state index contributed by atoms with van der Waals surface area (Å²) in [5, 5.41) is 9.88. The third-order valence-electron chi connectivity index (χ3n) is 2.70. The minimum atomic E-state index is -0.707. The number of ether oxygens (including phenoxy) is 2. The summed E-state index contributed by atoms with van der Waals surface area (Å²) in [6.45, 7) is 4.96. The highest BCUT2D eigenvalue weighted by molar-refractivity contribution is 5.94. The lowest BCUT2D eigenvalue weighted by atomic mass is 10.2. The SMILES string of the molecule is C=C(C)C(=O)Oc1ccc(C(=O)Oc2ccccc2)c(O)c1. The maximum atomic E-state index is 12.0. The fourth-order valence-electron chi connectivity index (χ4n) is 1.59. The van der Waals surface area contributed by atoms with Gasteiger partial charge in [-0.1, -0.05) is 24.8 Å². The second-order valence-electron chi connectivity index (χ2n) is 4.55. The van der Waals surface area contributed by atoms with Gasteiger partial charge in [0.1, 0.15) is 22.8 Å². The maximum Gasteiger partial charge on any atom is 0.347 e. The van der Waals surface area contributed by atoms with Crippen LogP contribution in [0.4, 0.5) is 0 Å². The Morgan fingerprint density at radius 2 is 1.68 bits per heavy atom. The predicted octanol–water partition coefficient (Wildman–Crippen LogP) is 3.09. The molecule has 112 valence electrons. The zero-order chi connectivity index (χ0) is 16.1. The monoisotopic (exact) mass is 298 g/mol. The summed E-state index contributed by atoms with van der Waals surface area (Å²) in [5.41, 5.74) is 0.200. The first-order valence-electron chi connectivity index (χ1n) is 6.45. The van der Waals surface area contributed by atoms with Crippen LogP contribution >= 0.6 is 0 Å². The number of hydrogen-bond donors (Lipinski definition) is 1. The van der Waals surface area contributed by atoms with Crippen molar-refractivity contribution in [1.29, 1.82) is 0 Å². The van der Waals surface area contributed by atoms with Crippen molar-refractivity contribution in [2.75, 3.05) is 0 Å². The van der Waals surface area contributed by atoms with E-state index in [1.54, 1.807) is 30.3 Å². The Morgan fingerprint density at radius 3 is 2.27 bits per heavy atom. The van der Waals surface area contributed by atoms with Gasteiger partial charge < -0.3 is 14.6 Å². The number of carbonyl (C=O) groups excluding carboxylic acids is 2. The van der Waals surface area contributed by atoms with Gasteiger partial charge >= 0.3 is 11.9 Å². The highest BCUT2D eigenvalue weighted by Gasteiger charge is 2.15. The van der Waals surface area contributed by atoms with E-state index in [2.05, 4.69) is 6.58 Å². The zero-order valence-corrected chi connectivity index (χ0v) is 11.9. The van der Waals surface area contributed by atoms with Gasteiger partial charge in [0.25, 0.3) is 0 Å². The predicted molar refractivity (Wildman–Crippen MR) is 80.0 cm³/mol. The van der Waals surface area contributed by atoms with Gasteiger partial charge in [-0.25, -0.2) is 9.59 Å². The summed E-state index contributed by atoms with van der Waals surface area (Å²) >= 11 is 0. The van der Waals surface area contributed by atoms with Crippen LogP contribution in [0, 0.1) is 0 Å². The Labute approximate surface area is 127 Å². The lowest BCUT2D eigenvalue weighted by molar-refractivity contribution is -0.130. The van der Waals surface area contributed by atoms with Gasteiger partial charge in [-0.15, -0.1) is 0 Å². The van der Waals surface area contributed by atoms with E-state index in [1.165, 1.54) is 25.1 Å². The van der Waals surface area contributed by atoms with Crippen LogP contribution in [0.15, 0.2) is 60.7 Å². The summed E-state index contributed by atoms with van der Waals surface area (Å²) in [6, 6.07) is 12.4. The second kappa shape index (κ2) is 6.58. The fraction of sp³-hybridized carbons (Fsp3) is 0.0588. The molecule has 0 saturated heterocycles. The van der Waals surface area contributed by atoms with Crippen LogP contribution in [-0.4, -0.2) is 17.0 Å². The fourth-order valence-corrected chi connectivity index (χ4v) is 1.59. The van der Waals surface area contributed by atoms with Crippen LogP contribution in [0.25, 0.3) is 0 Å². The van der Waals surface area contributed by atoms with Crippen LogP contribution in [0.2, 0.25) is 0 Å². The number of aromatic hydroxyl groups is 1. The van der Waals surface area contributed by atoms with E-state index in [4.69, 9.17) is 9.47 Å². The molecule has 0 amide bonds. The molecule has 0 spiro atoms. The van der Waals surface area contributed by atoms with Gasteiger partial charge in [-0.2, -0.15) is 0 Å². The number of rotatable bonds is 4. The van der Waals surface area contributed by atoms with Crippen molar-refractivity contribution in [2.45, 2.75) is 6.92 Å². The second-order valence-corrected chi connectivity index (χ2v) is 4.55. The van der Waals surface area contributed by atoms with Gasteiger partial charge in [0, 0.05) is 11.6 Å². The number of carbonyl (C=O) groups is 2. The van der Waals surface area contributed by atoms with Crippen molar-refractivity contribution in [2.24, 2.45) is 0 Å². The van der Waals surface area contributed by atoms with E-state index in [-0.39, 0.29) is 22.6 Å². The molecule has 0 radical (unpaired) electrons. The first-order chi connectivity index (χ1) is 10.5. The molecule has 5 heteroatoms. The lowest BCUT2D eigenvalue weighted by Crippen LogP contribution is -2.10. The van der Waals surface area contributed by atoms with E-state index in [0.717, 1.165) is 0 Å². The van der Waals surface area contributed by atoms with Crippen molar-refractivity contribution in [3.63, 3.8) is 0 Å². The average molecular weight is 298 g/mol. The van der Waals surface area contributed by atoms with E-state index in [9.17, 15) is 14.7 Å². The molecule has 0 saturated carbocycles. The van der Waals surface area contributed by atoms with Crippen LogP contribution in [0.5, 0.6) is 17.2 Å². The molecule has 0 bridgehead atoms. The van der Waals surface area contributed by atoms with Gasteiger partial charge in [0.2, 0.25) is 0 Å². The normalized spacial score (nSPS) is 9.86. The quantitative estimate of drug-likeness (QED) is 0.533. The number of phenolic OH excluding ortho intramolecular Hbond substituents is 1. The Bertz CT molecular complexity index is 719. The first kappa shape index (κ1) is 15.3. The van der Waals surface area contributed by atoms with Crippen molar-refractivity contribution in [1.82, 2.24) is 0 Å². The Morgan fingerprint density at radius 1 is 1.00 bits per heavy atom. The summed E-state index contributed by atoms with van der Waals surface area (Å²) < 4.78 is 10.1. The van der Waals surface area contributed by atoms with Gasteiger partial charge in [-0.3, -0.25) is 0 Å². The molecular weight excluding hydrogens is 284 g/mol. The largest absolute Gasteiger partial charge is 0.507 e. The van der Waals surface area contributed by atoms with Crippen LogP contribution in [0.1, 0.15) is 17.3 Å². The average Bonchev–Trinajstić information content (AvgIpc) is 2.48. The minimum absolute atomic E-state index is 0.0287. The van der Waals surface area contributed by atoms with Crippen molar-refractivity contribution in [3.8, 4) is 17.2 Å². The molecule has 0 atom stereocenters. The number of esters is 2. The molecule has 1 N–H and O–H groups in total.